The lowest BCUT2D eigenvalue weighted by molar-refractivity contribution is 0.103. The van der Waals surface area contributed by atoms with E-state index in [1.807, 2.05) is 0 Å². The van der Waals surface area contributed by atoms with Crippen LogP contribution in [0.25, 0.3) is 0 Å². The number of benzene rings is 2. The number of carbonyl (C=O) groups is 1. The highest BCUT2D eigenvalue weighted by Crippen LogP contribution is 2.25. The van der Waals surface area contributed by atoms with Crippen LogP contribution in [0, 0.1) is 17.5 Å². The van der Waals surface area contributed by atoms with Crippen molar-refractivity contribution >= 4 is 11.5 Å². The molecule has 0 saturated carbocycles. The molecule has 0 spiro atoms. The Kier molecular flexibility index (Phi) is 2.97. The number of hydrogen-bond acceptors (Lipinski definition) is 2. The minimum absolute atomic E-state index is 0.261. The van der Waals surface area contributed by atoms with Crippen LogP contribution in [-0.2, 0) is 6.42 Å². The second kappa shape index (κ2) is 4.67. The van der Waals surface area contributed by atoms with E-state index in [1.54, 1.807) is 18.2 Å². The van der Waals surface area contributed by atoms with Crippen LogP contribution < -0.4 is 5.32 Å². The molecule has 2 nitrogen and oxygen atoms in total. The van der Waals surface area contributed by atoms with Crippen LogP contribution in [0.2, 0.25) is 0 Å². The van der Waals surface area contributed by atoms with Gasteiger partial charge in [0.05, 0.1) is 5.56 Å². The topological polar surface area (TPSA) is 29.1 Å². The Bertz CT molecular complexity index is 713. The first-order chi connectivity index (χ1) is 9.58. The average molecular weight is 277 g/mol. The minimum Gasteiger partial charge on any atom is -0.384 e. The monoisotopic (exact) mass is 277 g/mol. The number of anilines is 1. The summed E-state index contributed by atoms with van der Waals surface area (Å²) in [6.45, 7) is 0.784. The van der Waals surface area contributed by atoms with Gasteiger partial charge >= 0.3 is 0 Å². The second-order valence-electron chi connectivity index (χ2n) is 4.60. The molecule has 1 aliphatic heterocycles. The van der Waals surface area contributed by atoms with Gasteiger partial charge in [0.2, 0.25) is 0 Å². The summed E-state index contributed by atoms with van der Waals surface area (Å²) in [5.74, 6) is -5.04. The van der Waals surface area contributed by atoms with Gasteiger partial charge in [-0.1, -0.05) is 0 Å². The van der Waals surface area contributed by atoms with Crippen molar-refractivity contribution in [3.8, 4) is 0 Å². The Morgan fingerprint density at radius 1 is 1.05 bits per heavy atom. The maximum Gasteiger partial charge on any atom is 0.196 e. The molecule has 0 atom stereocenters. The predicted molar refractivity (Wildman–Crippen MR) is 68.4 cm³/mol. The van der Waals surface area contributed by atoms with Gasteiger partial charge in [0.1, 0.15) is 0 Å². The molecule has 2 aromatic rings. The average Bonchev–Trinajstić information content (AvgIpc) is 2.91. The molecule has 1 N–H and O–H groups in total. The third-order valence-electron chi connectivity index (χ3n) is 3.36. The number of ketones is 1. The zero-order valence-electron chi connectivity index (χ0n) is 10.3. The number of hydrogen-bond donors (Lipinski definition) is 1. The highest BCUT2D eigenvalue weighted by Gasteiger charge is 2.21. The summed E-state index contributed by atoms with van der Waals surface area (Å²) < 4.78 is 39.7. The van der Waals surface area contributed by atoms with Crippen LogP contribution in [0.4, 0.5) is 18.9 Å². The molecule has 5 heteroatoms. The van der Waals surface area contributed by atoms with Crippen molar-refractivity contribution in [3.05, 3.63) is 64.5 Å². The molecular weight excluding hydrogens is 267 g/mol. The van der Waals surface area contributed by atoms with E-state index in [0.717, 1.165) is 36.3 Å². The molecule has 1 aliphatic rings. The van der Waals surface area contributed by atoms with Crippen LogP contribution in [0.1, 0.15) is 21.5 Å². The lowest BCUT2D eigenvalue weighted by atomic mass is 9.99. The van der Waals surface area contributed by atoms with Crippen molar-refractivity contribution < 1.29 is 18.0 Å². The molecule has 0 radical (unpaired) electrons. The summed E-state index contributed by atoms with van der Waals surface area (Å²) in [6.07, 6.45) is 0.775. The van der Waals surface area contributed by atoms with E-state index < -0.39 is 28.8 Å². The zero-order chi connectivity index (χ0) is 14.3. The first-order valence-electron chi connectivity index (χ1n) is 6.13. The van der Waals surface area contributed by atoms with Crippen molar-refractivity contribution in [2.75, 3.05) is 11.9 Å². The number of carbonyl (C=O) groups excluding carboxylic acids is 1. The van der Waals surface area contributed by atoms with Crippen LogP contribution >= 0.6 is 0 Å². The summed E-state index contributed by atoms with van der Waals surface area (Å²) in [4.78, 5) is 12.2. The summed E-state index contributed by atoms with van der Waals surface area (Å²) in [5, 5.41) is 3.14. The van der Waals surface area contributed by atoms with E-state index in [2.05, 4.69) is 5.32 Å². The summed E-state index contributed by atoms with van der Waals surface area (Å²) in [5.41, 5.74) is 1.69. The minimum atomic E-state index is -1.63. The van der Waals surface area contributed by atoms with Crippen molar-refractivity contribution in [2.24, 2.45) is 0 Å². The normalized spacial score (nSPS) is 12.9. The fourth-order valence-corrected chi connectivity index (χ4v) is 2.30. The van der Waals surface area contributed by atoms with E-state index in [1.165, 1.54) is 0 Å². The number of nitrogens with one attached hydrogen (secondary N) is 1. The van der Waals surface area contributed by atoms with Gasteiger partial charge in [0.15, 0.2) is 23.2 Å². The summed E-state index contributed by atoms with van der Waals surface area (Å²) >= 11 is 0. The molecule has 2 aromatic carbocycles. The number of rotatable bonds is 2. The molecule has 1 heterocycles. The fraction of sp³-hybridized carbons (Fsp3) is 0.133. The molecule has 102 valence electrons. The third-order valence-corrected chi connectivity index (χ3v) is 3.36. The Morgan fingerprint density at radius 3 is 2.65 bits per heavy atom. The SMILES string of the molecule is O=C(c1ccc2c(c1)CCN2)c1ccc(F)c(F)c1F. The van der Waals surface area contributed by atoms with Crippen molar-refractivity contribution in [2.45, 2.75) is 6.42 Å². The molecule has 20 heavy (non-hydrogen) atoms. The molecule has 0 saturated heterocycles. The molecule has 0 bridgehead atoms. The number of halogens is 3. The Labute approximate surface area is 113 Å². The van der Waals surface area contributed by atoms with Gasteiger partial charge in [-0.2, -0.15) is 0 Å². The lowest BCUT2D eigenvalue weighted by Crippen LogP contribution is -2.07. The van der Waals surface area contributed by atoms with Crippen LogP contribution in [0.15, 0.2) is 30.3 Å². The smallest absolute Gasteiger partial charge is 0.196 e. The highest BCUT2D eigenvalue weighted by atomic mass is 19.2. The van der Waals surface area contributed by atoms with Crippen LogP contribution in [0.3, 0.4) is 0 Å². The molecule has 0 unspecified atom stereocenters. The number of fused-ring (bicyclic) bond motifs is 1. The van der Waals surface area contributed by atoms with Crippen molar-refractivity contribution in [3.63, 3.8) is 0 Å². The Balaban J connectivity index is 2.03. The highest BCUT2D eigenvalue weighted by molar-refractivity contribution is 6.09. The van der Waals surface area contributed by atoms with E-state index in [9.17, 15) is 18.0 Å². The maximum absolute atomic E-state index is 13.6. The first kappa shape index (κ1) is 12.7. The van der Waals surface area contributed by atoms with E-state index in [-0.39, 0.29) is 5.56 Å². The van der Waals surface area contributed by atoms with Gasteiger partial charge in [-0.3, -0.25) is 4.79 Å². The Morgan fingerprint density at radius 2 is 1.85 bits per heavy atom. The van der Waals surface area contributed by atoms with E-state index in [4.69, 9.17) is 0 Å². The Hall–Kier alpha value is -2.30. The molecule has 0 aliphatic carbocycles. The van der Waals surface area contributed by atoms with Crippen LogP contribution in [-0.4, -0.2) is 12.3 Å². The zero-order valence-corrected chi connectivity index (χ0v) is 10.3. The quantitative estimate of drug-likeness (QED) is 0.674. The predicted octanol–water partition coefficient (Wildman–Crippen LogP) is 3.30. The first-order valence-corrected chi connectivity index (χ1v) is 6.13. The molecule has 3 rings (SSSR count). The second-order valence-corrected chi connectivity index (χ2v) is 4.60. The standard InChI is InChI=1S/C15H10F3NO/c16-11-3-2-10(13(17)14(11)18)15(20)9-1-4-12-8(7-9)5-6-19-12/h1-4,7,19H,5-6H2. The summed E-state index contributed by atoms with van der Waals surface area (Å²) in [7, 11) is 0. The molecule has 0 aromatic heterocycles. The molecule has 0 fully saturated rings. The van der Waals surface area contributed by atoms with Gasteiger partial charge in [-0.15, -0.1) is 0 Å². The van der Waals surface area contributed by atoms with E-state index >= 15 is 0 Å². The molecular formula is C15H10F3NO. The van der Waals surface area contributed by atoms with Crippen molar-refractivity contribution in [1.29, 1.82) is 0 Å². The molecule has 0 amide bonds. The summed E-state index contributed by atoms with van der Waals surface area (Å²) in [6, 6.07) is 6.63. The van der Waals surface area contributed by atoms with Crippen molar-refractivity contribution in [1.82, 2.24) is 0 Å². The van der Waals surface area contributed by atoms with Gasteiger partial charge in [0.25, 0.3) is 0 Å². The van der Waals surface area contributed by atoms with Gasteiger partial charge in [-0.25, -0.2) is 13.2 Å². The third kappa shape index (κ3) is 1.95. The van der Waals surface area contributed by atoms with E-state index in [0.29, 0.717) is 0 Å². The largest absolute Gasteiger partial charge is 0.384 e. The maximum atomic E-state index is 13.6. The van der Waals surface area contributed by atoms with Gasteiger partial charge in [-0.05, 0) is 42.3 Å². The van der Waals surface area contributed by atoms with Crippen LogP contribution in [0.5, 0.6) is 0 Å². The van der Waals surface area contributed by atoms with Gasteiger partial charge in [0, 0.05) is 17.8 Å². The lowest BCUT2D eigenvalue weighted by Gasteiger charge is -2.06. The fourth-order valence-electron chi connectivity index (χ4n) is 2.30. The van der Waals surface area contributed by atoms with Gasteiger partial charge < -0.3 is 5.32 Å².